The Morgan fingerprint density at radius 2 is 2.11 bits per heavy atom. The molecule has 0 aliphatic carbocycles. The zero-order chi connectivity index (χ0) is 14.0. The summed E-state index contributed by atoms with van der Waals surface area (Å²) in [6, 6.07) is 4.69. The van der Waals surface area contributed by atoms with E-state index in [1.54, 1.807) is 6.07 Å². The second-order valence-corrected chi connectivity index (χ2v) is 4.52. The number of nitrogens with one attached hydrogen (secondary N) is 1. The van der Waals surface area contributed by atoms with Crippen LogP contribution >= 0.6 is 15.9 Å². The summed E-state index contributed by atoms with van der Waals surface area (Å²) < 4.78 is 31.6. The number of rotatable bonds is 3. The van der Waals surface area contributed by atoms with Crippen LogP contribution in [0.2, 0.25) is 0 Å². The number of hydrogen-bond acceptors (Lipinski definition) is 3. The molecule has 0 spiro atoms. The molecule has 19 heavy (non-hydrogen) atoms. The predicted octanol–water partition coefficient (Wildman–Crippen LogP) is 3.03. The smallest absolute Gasteiger partial charge is 0.291 e. The van der Waals surface area contributed by atoms with E-state index in [0.717, 1.165) is 6.07 Å². The summed E-state index contributed by atoms with van der Waals surface area (Å²) in [5.41, 5.74) is 5.19. The predicted molar refractivity (Wildman–Crippen MR) is 68.6 cm³/mol. The van der Waals surface area contributed by atoms with Gasteiger partial charge in [-0.1, -0.05) is 0 Å². The minimum absolute atomic E-state index is 0.00363. The number of benzene rings is 1. The highest BCUT2D eigenvalue weighted by Gasteiger charge is 2.16. The molecule has 4 nitrogen and oxygen atoms in total. The molecule has 0 fully saturated rings. The molecule has 0 aliphatic rings. The van der Waals surface area contributed by atoms with Gasteiger partial charge in [0.15, 0.2) is 11.6 Å². The molecule has 0 radical (unpaired) electrons. The summed E-state index contributed by atoms with van der Waals surface area (Å²) in [5, 5.41) is 2.30. The van der Waals surface area contributed by atoms with Crippen molar-refractivity contribution in [1.29, 1.82) is 0 Å². The molecular weight excluding hydrogens is 322 g/mol. The lowest BCUT2D eigenvalue weighted by Gasteiger charge is -2.07. The van der Waals surface area contributed by atoms with Crippen LogP contribution in [-0.4, -0.2) is 5.91 Å². The minimum atomic E-state index is -0.883. The number of carbonyl (C=O) groups is 1. The number of carbonyl (C=O) groups excluding carboxylic acids is 1. The number of amides is 1. The number of anilines is 1. The van der Waals surface area contributed by atoms with Crippen LogP contribution in [0.15, 0.2) is 33.2 Å². The second kappa shape index (κ2) is 5.50. The summed E-state index contributed by atoms with van der Waals surface area (Å²) >= 11 is 2.97. The van der Waals surface area contributed by atoms with Gasteiger partial charge in [0.25, 0.3) is 5.91 Å². The normalized spacial score (nSPS) is 10.5. The molecule has 1 amide bonds. The average molecular weight is 331 g/mol. The zero-order valence-electron chi connectivity index (χ0n) is 9.54. The first-order valence-electron chi connectivity index (χ1n) is 5.26. The Labute approximate surface area is 115 Å². The number of halogens is 3. The van der Waals surface area contributed by atoms with Gasteiger partial charge in [-0.05, 0) is 34.1 Å². The molecular formula is C12H9BrF2N2O2. The van der Waals surface area contributed by atoms with Gasteiger partial charge in [-0.25, -0.2) is 8.78 Å². The number of hydrogen-bond donors (Lipinski definition) is 2. The van der Waals surface area contributed by atoms with Crippen LogP contribution in [0, 0.1) is 11.6 Å². The molecule has 0 atom stereocenters. The molecule has 2 aromatic rings. The zero-order valence-corrected chi connectivity index (χ0v) is 11.1. The third kappa shape index (κ3) is 2.99. The van der Waals surface area contributed by atoms with Crippen molar-refractivity contribution in [3.63, 3.8) is 0 Å². The van der Waals surface area contributed by atoms with Gasteiger partial charge < -0.3 is 15.5 Å². The third-order valence-corrected chi connectivity index (χ3v) is 2.96. The molecule has 0 saturated heterocycles. The van der Waals surface area contributed by atoms with E-state index in [4.69, 9.17) is 10.2 Å². The highest BCUT2D eigenvalue weighted by molar-refractivity contribution is 9.10. The molecule has 3 N–H and O–H groups in total. The van der Waals surface area contributed by atoms with E-state index in [1.807, 2.05) is 0 Å². The lowest BCUT2D eigenvalue weighted by Crippen LogP contribution is -2.13. The van der Waals surface area contributed by atoms with E-state index < -0.39 is 17.5 Å². The Balaban J connectivity index is 2.24. The van der Waals surface area contributed by atoms with Gasteiger partial charge in [0, 0.05) is 10.5 Å². The van der Waals surface area contributed by atoms with E-state index in [0.29, 0.717) is 11.8 Å². The standard InChI is InChI=1S/C12H9BrF2N2O2/c13-8-3-6(14)4-9(15)11(8)17-12(18)10-2-1-7(5-16)19-10/h1-4H,5,16H2,(H,17,18). The maximum Gasteiger partial charge on any atom is 0.291 e. The fourth-order valence-corrected chi connectivity index (χ4v) is 1.95. The van der Waals surface area contributed by atoms with Crippen molar-refractivity contribution >= 4 is 27.5 Å². The van der Waals surface area contributed by atoms with Crippen molar-refractivity contribution in [3.8, 4) is 0 Å². The van der Waals surface area contributed by atoms with E-state index in [2.05, 4.69) is 21.2 Å². The maximum absolute atomic E-state index is 13.5. The van der Waals surface area contributed by atoms with Crippen LogP contribution in [0.5, 0.6) is 0 Å². The van der Waals surface area contributed by atoms with Gasteiger partial charge in [-0.3, -0.25) is 4.79 Å². The van der Waals surface area contributed by atoms with Crippen LogP contribution in [0.3, 0.4) is 0 Å². The van der Waals surface area contributed by atoms with E-state index in [-0.39, 0.29) is 22.5 Å². The first-order valence-corrected chi connectivity index (χ1v) is 6.05. The van der Waals surface area contributed by atoms with Crippen molar-refractivity contribution in [3.05, 3.63) is 51.9 Å². The first-order chi connectivity index (χ1) is 9.01. The fourth-order valence-electron chi connectivity index (χ4n) is 1.45. The Hall–Kier alpha value is -1.73. The van der Waals surface area contributed by atoms with Gasteiger partial charge in [-0.15, -0.1) is 0 Å². The Morgan fingerprint density at radius 3 is 2.68 bits per heavy atom. The lowest BCUT2D eigenvalue weighted by atomic mass is 10.3. The topological polar surface area (TPSA) is 68.3 Å². The Bertz CT molecular complexity index is 605. The Morgan fingerprint density at radius 1 is 1.37 bits per heavy atom. The quantitative estimate of drug-likeness (QED) is 0.908. The summed E-state index contributed by atoms with van der Waals surface area (Å²) in [4.78, 5) is 11.8. The summed E-state index contributed by atoms with van der Waals surface area (Å²) in [6.07, 6.45) is 0. The molecule has 7 heteroatoms. The maximum atomic E-state index is 13.5. The summed E-state index contributed by atoms with van der Waals surface area (Å²) in [6.45, 7) is 0.155. The highest BCUT2D eigenvalue weighted by atomic mass is 79.9. The highest BCUT2D eigenvalue weighted by Crippen LogP contribution is 2.27. The van der Waals surface area contributed by atoms with Gasteiger partial charge in [0.05, 0.1) is 12.2 Å². The van der Waals surface area contributed by atoms with Crippen LogP contribution in [0.25, 0.3) is 0 Å². The van der Waals surface area contributed by atoms with Gasteiger partial charge in [0.1, 0.15) is 11.6 Å². The lowest BCUT2D eigenvalue weighted by molar-refractivity contribution is 0.0994. The number of nitrogens with two attached hydrogens (primary N) is 1. The van der Waals surface area contributed by atoms with Gasteiger partial charge in [-0.2, -0.15) is 0 Å². The van der Waals surface area contributed by atoms with Crippen molar-refractivity contribution in [2.45, 2.75) is 6.54 Å². The van der Waals surface area contributed by atoms with Crippen molar-refractivity contribution in [1.82, 2.24) is 0 Å². The second-order valence-electron chi connectivity index (χ2n) is 3.67. The molecule has 0 unspecified atom stereocenters. The van der Waals surface area contributed by atoms with Crippen LogP contribution in [0.4, 0.5) is 14.5 Å². The van der Waals surface area contributed by atoms with E-state index >= 15 is 0 Å². The van der Waals surface area contributed by atoms with Crippen LogP contribution in [-0.2, 0) is 6.54 Å². The molecule has 100 valence electrons. The van der Waals surface area contributed by atoms with E-state index in [9.17, 15) is 13.6 Å². The Kier molecular flexibility index (Phi) is 3.96. The molecule has 1 aromatic heterocycles. The molecule has 0 saturated carbocycles. The minimum Gasteiger partial charge on any atom is -0.455 e. The van der Waals surface area contributed by atoms with Crippen molar-refractivity contribution in [2.24, 2.45) is 5.73 Å². The van der Waals surface area contributed by atoms with Crippen LogP contribution in [0.1, 0.15) is 16.3 Å². The van der Waals surface area contributed by atoms with E-state index in [1.165, 1.54) is 6.07 Å². The monoisotopic (exact) mass is 330 g/mol. The van der Waals surface area contributed by atoms with Crippen molar-refractivity contribution < 1.29 is 18.0 Å². The molecule has 1 heterocycles. The molecule has 1 aromatic carbocycles. The van der Waals surface area contributed by atoms with Gasteiger partial charge >= 0.3 is 0 Å². The fraction of sp³-hybridized carbons (Fsp3) is 0.0833. The molecule has 0 bridgehead atoms. The van der Waals surface area contributed by atoms with Crippen LogP contribution < -0.4 is 11.1 Å². The number of furan rings is 1. The third-order valence-electron chi connectivity index (χ3n) is 2.33. The largest absolute Gasteiger partial charge is 0.455 e. The average Bonchev–Trinajstić information content (AvgIpc) is 2.82. The summed E-state index contributed by atoms with van der Waals surface area (Å²) in [5.74, 6) is -1.85. The summed E-state index contributed by atoms with van der Waals surface area (Å²) in [7, 11) is 0. The molecule has 2 rings (SSSR count). The SMILES string of the molecule is NCc1ccc(C(=O)Nc2c(F)cc(F)cc2Br)o1. The van der Waals surface area contributed by atoms with Crippen molar-refractivity contribution in [2.75, 3.05) is 5.32 Å². The first kappa shape index (κ1) is 13.7. The van der Waals surface area contributed by atoms with Gasteiger partial charge in [0.2, 0.25) is 0 Å². The molecule has 0 aliphatic heterocycles.